The molecule has 0 spiro atoms. The first kappa shape index (κ1) is 14.8. The number of nitrogens with one attached hydrogen (secondary N) is 1. The van der Waals surface area contributed by atoms with Crippen LogP contribution in [0.15, 0.2) is 40.6 Å². The fourth-order valence-corrected chi connectivity index (χ4v) is 3.46. The van der Waals surface area contributed by atoms with Crippen molar-refractivity contribution in [2.45, 2.75) is 11.3 Å². The molecule has 2 rings (SSSR count). The number of nitrogen functional groups attached to an aromatic ring is 1. The predicted octanol–water partition coefficient (Wildman–Crippen LogP) is 1.86. The van der Waals surface area contributed by atoms with Gasteiger partial charge in [-0.3, -0.25) is 0 Å². The smallest absolute Gasteiger partial charge is 0.240 e. The van der Waals surface area contributed by atoms with Crippen molar-refractivity contribution in [2.24, 2.45) is 0 Å². The molecule has 0 atom stereocenters. The Morgan fingerprint density at radius 3 is 2.80 bits per heavy atom. The second-order valence-electron chi connectivity index (χ2n) is 4.13. The SMILES string of the molecule is COc1cc(S(=O)(=O)NCCc2cccs2)ccc1N. The number of methoxy groups -OCH3 is 1. The Bertz CT molecular complexity index is 667. The average Bonchev–Trinajstić information content (AvgIpc) is 2.92. The third-order valence-electron chi connectivity index (χ3n) is 2.76. The molecule has 7 heteroatoms. The maximum Gasteiger partial charge on any atom is 0.240 e. The highest BCUT2D eigenvalue weighted by Gasteiger charge is 2.15. The van der Waals surface area contributed by atoms with E-state index in [1.807, 2.05) is 17.5 Å². The van der Waals surface area contributed by atoms with Crippen LogP contribution < -0.4 is 15.2 Å². The highest BCUT2D eigenvalue weighted by Crippen LogP contribution is 2.24. The zero-order valence-electron chi connectivity index (χ0n) is 11.0. The van der Waals surface area contributed by atoms with Gasteiger partial charge in [-0.2, -0.15) is 0 Å². The van der Waals surface area contributed by atoms with Crippen molar-refractivity contribution >= 4 is 27.0 Å². The Morgan fingerprint density at radius 1 is 1.35 bits per heavy atom. The average molecular weight is 312 g/mol. The minimum Gasteiger partial charge on any atom is -0.495 e. The Hall–Kier alpha value is -1.57. The predicted molar refractivity (Wildman–Crippen MR) is 80.6 cm³/mol. The van der Waals surface area contributed by atoms with Gasteiger partial charge in [0.15, 0.2) is 0 Å². The minimum absolute atomic E-state index is 0.148. The van der Waals surface area contributed by atoms with Gasteiger partial charge in [0.05, 0.1) is 17.7 Å². The van der Waals surface area contributed by atoms with Gasteiger partial charge < -0.3 is 10.5 Å². The number of anilines is 1. The summed E-state index contributed by atoms with van der Waals surface area (Å²) in [4.78, 5) is 1.29. The van der Waals surface area contributed by atoms with Gasteiger partial charge in [0, 0.05) is 17.5 Å². The van der Waals surface area contributed by atoms with Crippen LogP contribution in [0.4, 0.5) is 5.69 Å². The first-order chi connectivity index (χ1) is 9.53. The summed E-state index contributed by atoms with van der Waals surface area (Å²) < 4.78 is 31.9. The van der Waals surface area contributed by atoms with Gasteiger partial charge >= 0.3 is 0 Å². The maximum absolute atomic E-state index is 12.1. The van der Waals surface area contributed by atoms with E-state index >= 15 is 0 Å². The number of rotatable bonds is 6. The van der Waals surface area contributed by atoms with Crippen LogP contribution in [-0.4, -0.2) is 22.1 Å². The Kier molecular flexibility index (Phi) is 4.64. The molecule has 0 saturated carbocycles. The highest BCUT2D eigenvalue weighted by atomic mass is 32.2. The molecule has 0 aliphatic heterocycles. The van der Waals surface area contributed by atoms with Gasteiger partial charge in [-0.15, -0.1) is 11.3 Å². The molecule has 0 aliphatic rings. The molecular weight excluding hydrogens is 296 g/mol. The van der Waals surface area contributed by atoms with E-state index in [4.69, 9.17) is 10.5 Å². The first-order valence-corrected chi connectivity index (χ1v) is 8.35. The molecule has 1 aromatic heterocycles. The van der Waals surface area contributed by atoms with Crippen molar-refractivity contribution in [2.75, 3.05) is 19.4 Å². The molecule has 0 amide bonds. The number of nitrogens with two attached hydrogens (primary N) is 1. The molecule has 0 unspecified atom stereocenters. The van der Waals surface area contributed by atoms with Crippen LogP contribution in [-0.2, 0) is 16.4 Å². The molecule has 20 heavy (non-hydrogen) atoms. The lowest BCUT2D eigenvalue weighted by molar-refractivity contribution is 0.415. The zero-order valence-corrected chi connectivity index (χ0v) is 12.6. The summed E-state index contributed by atoms with van der Waals surface area (Å²) in [6.07, 6.45) is 0.670. The zero-order chi connectivity index (χ0) is 14.6. The summed E-state index contributed by atoms with van der Waals surface area (Å²) in [6, 6.07) is 8.32. The summed E-state index contributed by atoms with van der Waals surface area (Å²) in [7, 11) is -2.09. The Morgan fingerprint density at radius 2 is 2.15 bits per heavy atom. The van der Waals surface area contributed by atoms with E-state index in [-0.39, 0.29) is 4.90 Å². The number of sulfonamides is 1. The first-order valence-electron chi connectivity index (χ1n) is 5.98. The van der Waals surface area contributed by atoms with Gasteiger partial charge in [-0.05, 0) is 30.0 Å². The number of hydrogen-bond donors (Lipinski definition) is 2. The quantitative estimate of drug-likeness (QED) is 0.798. The summed E-state index contributed by atoms with van der Waals surface area (Å²) >= 11 is 1.61. The van der Waals surface area contributed by atoms with Gasteiger partial charge in [0.1, 0.15) is 5.75 Å². The molecule has 108 valence electrons. The molecule has 5 nitrogen and oxygen atoms in total. The van der Waals surface area contributed by atoms with Crippen LogP contribution >= 0.6 is 11.3 Å². The van der Waals surface area contributed by atoms with Crippen molar-refractivity contribution in [3.63, 3.8) is 0 Å². The van der Waals surface area contributed by atoms with E-state index in [1.165, 1.54) is 25.3 Å². The number of thiophene rings is 1. The molecule has 0 aliphatic carbocycles. The van der Waals surface area contributed by atoms with Crippen LogP contribution in [0.25, 0.3) is 0 Å². The number of hydrogen-bond acceptors (Lipinski definition) is 5. The lowest BCUT2D eigenvalue weighted by atomic mass is 10.3. The van der Waals surface area contributed by atoms with Crippen LogP contribution in [0.1, 0.15) is 4.88 Å². The monoisotopic (exact) mass is 312 g/mol. The van der Waals surface area contributed by atoms with Crippen molar-refractivity contribution in [3.05, 3.63) is 40.6 Å². The Labute approximate surface area is 122 Å². The topological polar surface area (TPSA) is 81.4 Å². The van der Waals surface area contributed by atoms with E-state index in [0.29, 0.717) is 24.4 Å². The van der Waals surface area contributed by atoms with Gasteiger partial charge in [-0.1, -0.05) is 6.07 Å². The number of benzene rings is 1. The van der Waals surface area contributed by atoms with Crippen LogP contribution in [0, 0.1) is 0 Å². The number of ether oxygens (including phenoxy) is 1. The van der Waals surface area contributed by atoms with Crippen LogP contribution in [0.2, 0.25) is 0 Å². The van der Waals surface area contributed by atoms with E-state index in [9.17, 15) is 8.42 Å². The Balaban J connectivity index is 2.06. The fourth-order valence-electron chi connectivity index (χ4n) is 1.71. The van der Waals surface area contributed by atoms with Crippen molar-refractivity contribution in [1.82, 2.24) is 4.72 Å². The standard InChI is InChI=1S/C13H16N2O3S2/c1-18-13-9-11(4-5-12(13)14)20(16,17)15-7-6-10-3-2-8-19-10/h2-5,8-9,15H,6-7,14H2,1H3. The third kappa shape index (κ3) is 3.50. The highest BCUT2D eigenvalue weighted by molar-refractivity contribution is 7.89. The molecule has 1 heterocycles. The molecule has 0 fully saturated rings. The maximum atomic E-state index is 12.1. The molecule has 3 N–H and O–H groups in total. The largest absolute Gasteiger partial charge is 0.495 e. The fraction of sp³-hybridized carbons (Fsp3) is 0.231. The van der Waals surface area contributed by atoms with Crippen LogP contribution in [0.5, 0.6) is 5.75 Å². The molecule has 0 bridgehead atoms. The summed E-state index contributed by atoms with van der Waals surface area (Å²) in [6.45, 7) is 0.357. The molecule has 0 radical (unpaired) electrons. The summed E-state index contributed by atoms with van der Waals surface area (Å²) in [5.74, 6) is 0.353. The summed E-state index contributed by atoms with van der Waals surface area (Å²) in [5, 5.41) is 1.97. The normalized spacial score (nSPS) is 11.4. The molecule has 1 aromatic carbocycles. The second-order valence-corrected chi connectivity index (χ2v) is 6.93. The summed E-state index contributed by atoms with van der Waals surface area (Å²) in [5.41, 5.74) is 6.08. The van der Waals surface area contributed by atoms with Gasteiger partial charge in [0.25, 0.3) is 0 Å². The third-order valence-corrected chi connectivity index (χ3v) is 5.15. The van der Waals surface area contributed by atoms with Crippen molar-refractivity contribution in [1.29, 1.82) is 0 Å². The lowest BCUT2D eigenvalue weighted by Crippen LogP contribution is -2.25. The van der Waals surface area contributed by atoms with Gasteiger partial charge in [0.2, 0.25) is 10.0 Å². The van der Waals surface area contributed by atoms with E-state index in [0.717, 1.165) is 4.88 Å². The van der Waals surface area contributed by atoms with Gasteiger partial charge in [-0.25, -0.2) is 13.1 Å². The van der Waals surface area contributed by atoms with Crippen molar-refractivity contribution in [3.8, 4) is 5.75 Å². The van der Waals surface area contributed by atoms with Crippen molar-refractivity contribution < 1.29 is 13.2 Å². The molecule has 0 saturated heterocycles. The van der Waals surface area contributed by atoms with E-state index < -0.39 is 10.0 Å². The van der Waals surface area contributed by atoms with Crippen LogP contribution in [0.3, 0.4) is 0 Å². The molecule has 2 aromatic rings. The van der Waals surface area contributed by atoms with E-state index in [1.54, 1.807) is 11.3 Å². The lowest BCUT2D eigenvalue weighted by Gasteiger charge is -2.09. The molecular formula is C13H16N2O3S2. The minimum atomic E-state index is -3.54. The second kappa shape index (κ2) is 6.25. The van der Waals surface area contributed by atoms with E-state index in [2.05, 4.69) is 4.72 Å².